The van der Waals surface area contributed by atoms with Crippen molar-refractivity contribution in [2.75, 3.05) is 19.5 Å². The van der Waals surface area contributed by atoms with Crippen LogP contribution in [0.5, 0.6) is 0 Å². The highest BCUT2D eigenvalue weighted by atomic mass is 32.2. The molecule has 0 aromatic heterocycles. The van der Waals surface area contributed by atoms with Crippen LogP contribution in [0.3, 0.4) is 0 Å². The summed E-state index contributed by atoms with van der Waals surface area (Å²) in [6.07, 6.45) is 3.81. The second kappa shape index (κ2) is 8.83. The molecule has 4 nitrogen and oxygen atoms in total. The van der Waals surface area contributed by atoms with Crippen LogP contribution in [-0.2, 0) is 10.0 Å². The Morgan fingerprint density at radius 3 is 2.06 bits per heavy atom. The van der Waals surface area contributed by atoms with Gasteiger partial charge < -0.3 is 5.11 Å². The van der Waals surface area contributed by atoms with Crippen LogP contribution in [0.15, 0.2) is 0 Å². The van der Waals surface area contributed by atoms with E-state index < -0.39 is 16.3 Å². The Labute approximate surface area is 104 Å². The quantitative estimate of drug-likeness (QED) is 0.487. The Balaban J connectivity index is 3.67. The van der Waals surface area contributed by atoms with Gasteiger partial charge in [0.15, 0.2) is 0 Å². The van der Waals surface area contributed by atoms with E-state index in [0.29, 0.717) is 12.8 Å². The molecule has 0 saturated heterocycles. The van der Waals surface area contributed by atoms with E-state index in [9.17, 15) is 12.8 Å². The van der Waals surface area contributed by atoms with Crippen LogP contribution in [0.1, 0.15) is 45.4 Å². The Morgan fingerprint density at radius 2 is 1.59 bits per heavy atom. The maximum atomic E-state index is 11.8. The van der Waals surface area contributed by atoms with Crippen molar-refractivity contribution in [2.24, 2.45) is 0 Å². The summed E-state index contributed by atoms with van der Waals surface area (Å²) in [6.45, 7) is 1.15. The minimum absolute atomic E-state index is 0.0670. The minimum Gasteiger partial charge on any atom is -0.378 e. The molecule has 0 fully saturated rings. The number of aliphatic hydroxyl groups excluding tert-OH is 1. The van der Waals surface area contributed by atoms with E-state index in [1.54, 1.807) is 0 Å². The van der Waals surface area contributed by atoms with E-state index >= 15 is 0 Å². The van der Waals surface area contributed by atoms with E-state index in [0.717, 1.165) is 30.0 Å². The fraction of sp³-hybridized carbons (Fsp3) is 1.00. The smallest absolute Gasteiger partial charge is 0.216 e. The molecule has 0 bridgehead atoms. The summed E-state index contributed by atoms with van der Waals surface area (Å²) in [5, 5.41) is 9.17. The van der Waals surface area contributed by atoms with Crippen molar-refractivity contribution in [3.63, 3.8) is 0 Å². The van der Waals surface area contributed by atoms with Crippen LogP contribution in [0, 0.1) is 0 Å². The summed E-state index contributed by atoms with van der Waals surface area (Å²) in [4.78, 5) is 0. The Morgan fingerprint density at radius 1 is 1.12 bits per heavy atom. The van der Waals surface area contributed by atoms with Crippen molar-refractivity contribution in [3.05, 3.63) is 0 Å². The van der Waals surface area contributed by atoms with Gasteiger partial charge in [0, 0.05) is 7.05 Å². The lowest BCUT2D eigenvalue weighted by atomic mass is 10.1. The van der Waals surface area contributed by atoms with Gasteiger partial charge in [-0.1, -0.05) is 25.7 Å². The zero-order valence-electron chi connectivity index (χ0n) is 10.7. The molecule has 17 heavy (non-hydrogen) atoms. The molecule has 6 heteroatoms. The largest absolute Gasteiger partial charge is 0.378 e. The van der Waals surface area contributed by atoms with E-state index in [1.165, 1.54) is 14.0 Å². The standard InChI is InChI=1S/C11H24FNO3S/c1-11(14)13(2)17(15,16)10-8-6-4-3-5-7-9-12/h11,14H,3-10H2,1-2H3. The van der Waals surface area contributed by atoms with Crippen LogP contribution >= 0.6 is 0 Å². The molecular weight excluding hydrogens is 245 g/mol. The molecule has 1 N–H and O–H groups in total. The first-order chi connectivity index (χ1) is 7.91. The van der Waals surface area contributed by atoms with E-state index in [2.05, 4.69) is 0 Å². The number of unbranched alkanes of at least 4 members (excludes halogenated alkanes) is 5. The number of nitrogens with zero attached hydrogens (tertiary/aromatic N) is 1. The van der Waals surface area contributed by atoms with Gasteiger partial charge in [-0.3, -0.25) is 4.39 Å². The predicted molar refractivity (Wildman–Crippen MR) is 66.9 cm³/mol. The molecule has 0 aliphatic heterocycles. The third kappa shape index (κ3) is 7.68. The summed E-state index contributed by atoms with van der Waals surface area (Å²) in [5.74, 6) is 0.0670. The second-order valence-electron chi connectivity index (χ2n) is 4.27. The van der Waals surface area contributed by atoms with Crippen LogP contribution in [0.4, 0.5) is 4.39 Å². The van der Waals surface area contributed by atoms with Gasteiger partial charge >= 0.3 is 0 Å². The summed E-state index contributed by atoms with van der Waals surface area (Å²) in [6, 6.07) is 0. The maximum Gasteiger partial charge on any atom is 0.216 e. The molecule has 0 amide bonds. The third-order valence-corrected chi connectivity index (χ3v) is 4.74. The topological polar surface area (TPSA) is 57.6 Å². The fourth-order valence-electron chi connectivity index (χ4n) is 1.46. The van der Waals surface area contributed by atoms with Gasteiger partial charge in [-0.05, 0) is 19.8 Å². The van der Waals surface area contributed by atoms with Gasteiger partial charge in [0.25, 0.3) is 0 Å². The first-order valence-electron chi connectivity index (χ1n) is 6.11. The van der Waals surface area contributed by atoms with Crippen molar-refractivity contribution in [1.29, 1.82) is 0 Å². The highest BCUT2D eigenvalue weighted by Crippen LogP contribution is 2.09. The van der Waals surface area contributed by atoms with Crippen molar-refractivity contribution in [1.82, 2.24) is 4.31 Å². The van der Waals surface area contributed by atoms with Crippen molar-refractivity contribution >= 4 is 10.0 Å². The monoisotopic (exact) mass is 269 g/mol. The van der Waals surface area contributed by atoms with Gasteiger partial charge in [-0.25, -0.2) is 8.42 Å². The van der Waals surface area contributed by atoms with Gasteiger partial charge in [0.2, 0.25) is 10.0 Å². The van der Waals surface area contributed by atoms with E-state index in [4.69, 9.17) is 5.11 Å². The number of alkyl halides is 1. The normalized spacial score (nSPS) is 14.2. The lowest BCUT2D eigenvalue weighted by Gasteiger charge is -2.19. The average Bonchev–Trinajstić information content (AvgIpc) is 2.26. The molecule has 0 aromatic rings. The maximum absolute atomic E-state index is 11.8. The van der Waals surface area contributed by atoms with Crippen molar-refractivity contribution in [2.45, 2.75) is 51.7 Å². The van der Waals surface area contributed by atoms with Gasteiger partial charge in [-0.2, -0.15) is 4.31 Å². The average molecular weight is 269 g/mol. The lowest BCUT2D eigenvalue weighted by molar-refractivity contribution is 0.0965. The second-order valence-corrected chi connectivity index (χ2v) is 6.42. The summed E-state index contributed by atoms with van der Waals surface area (Å²) in [5.41, 5.74) is 0. The zero-order valence-corrected chi connectivity index (χ0v) is 11.5. The number of aliphatic hydroxyl groups is 1. The Kier molecular flexibility index (Phi) is 8.72. The van der Waals surface area contributed by atoms with Gasteiger partial charge in [0.1, 0.15) is 6.23 Å². The summed E-state index contributed by atoms with van der Waals surface area (Å²) >= 11 is 0. The summed E-state index contributed by atoms with van der Waals surface area (Å²) < 4.78 is 36.0. The molecular formula is C11H24FNO3S. The predicted octanol–water partition coefficient (Wildman–Crippen LogP) is 1.90. The molecule has 0 radical (unpaired) electrons. The molecule has 0 aliphatic rings. The lowest BCUT2D eigenvalue weighted by Crippen LogP contribution is -2.36. The molecule has 0 heterocycles. The molecule has 0 saturated carbocycles. The molecule has 1 atom stereocenters. The SMILES string of the molecule is CC(O)N(C)S(=O)(=O)CCCCCCCCF. The minimum atomic E-state index is -3.33. The first-order valence-corrected chi connectivity index (χ1v) is 7.72. The molecule has 104 valence electrons. The molecule has 0 rings (SSSR count). The molecule has 0 spiro atoms. The molecule has 1 unspecified atom stereocenters. The highest BCUT2D eigenvalue weighted by Gasteiger charge is 2.20. The van der Waals surface area contributed by atoms with Crippen molar-refractivity contribution < 1.29 is 17.9 Å². The van der Waals surface area contributed by atoms with Crippen LogP contribution in [0.25, 0.3) is 0 Å². The number of halogens is 1. The third-order valence-electron chi connectivity index (χ3n) is 2.75. The first kappa shape index (κ1) is 16.8. The Hall–Kier alpha value is -0.200. The Bertz CT molecular complexity index is 280. The number of hydrogen-bond donors (Lipinski definition) is 1. The van der Waals surface area contributed by atoms with E-state index in [1.807, 2.05) is 0 Å². The number of rotatable bonds is 10. The number of hydrogen-bond acceptors (Lipinski definition) is 3. The van der Waals surface area contributed by atoms with Crippen LogP contribution in [-0.4, -0.2) is 43.5 Å². The highest BCUT2D eigenvalue weighted by molar-refractivity contribution is 7.89. The van der Waals surface area contributed by atoms with Crippen molar-refractivity contribution in [3.8, 4) is 0 Å². The zero-order chi connectivity index (χ0) is 13.3. The van der Waals surface area contributed by atoms with E-state index in [-0.39, 0.29) is 12.4 Å². The number of sulfonamides is 1. The van der Waals surface area contributed by atoms with Gasteiger partial charge in [-0.15, -0.1) is 0 Å². The molecule has 0 aliphatic carbocycles. The molecule has 0 aromatic carbocycles. The fourth-order valence-corrected chi connectivity index (χ4v) is 2.78. The van der Waals surface area contributed by atoms with Gasteiger partial charge in [0.05, 0.1) is 12.4 Å². The van der Waals surface area contributed by atoms with Crippen LogP contribution < -0.4 is 0 Å². The van der Waals surface area contributed by atoms with Crippen LogP contribution in [0.2, 0.25) is 0 Å². The summed E-state index contributed by atoms with van der Waals surface area (Å²) in [7, 11) is -1.96.